The molecule has 0 bridgehead atoms. The Hall–Kier alpha value is -1.65. The first-order valence-corrected chi connectivity index (χ1v) is 8.46. The molecule has 0 aromatic rings. The van der Waals surface area contributed by atoms with Gasteiger partial charge in [-0.1, -0.05) is 27.7 Å². The average molecular weight is 334 g/mol. The molecule has 0 atom stereocenters. The largest absolute Gasteiger partial charge is 0.300 e. The molecule has 132 valence electrons. The van der Waals surface area contributed by atoms with Crippen molar-refractivity contribution < 1.29 is 24.0 Å². The van der Waals surface area contributed by atoms with E-state index in [2.05, 4.69) is 0 Å². The Bertz CT molecular complexity index is 538. The van der Waals surface area contributed by atoms with Crippen LogP contribution in [0.1, 0.15) is 60.3 Å². The molecule has 0 radical (unpaired) electrons. The molecule has 0 heterocycles. The zero-order valence-corrected chi connectivity index (χ0v) is 15.1. The highest BCUT2D eigenvalue weighted by molar-refractivity contribution is 6.14. The Balaban J connectivity index is 2.39. The lowest BCUT2D eigenvalue weighted by Gasteiger charge is -2.40. The van der Waals surface area contributed by atoms with E-state index in [4.69, 9.17) is 0 Å². The lowest BCUT2D eigenvalue weighted by molar-refractivity contribution is -0.153. The maximum absolute atomic E-state index is 12.6. The predicted octanol–water partition coefficient (Wildman–Crippen LogP) is 2.34. The molecule has 0 aromatic carbocycles. The van der Waals surface area contributed by atoms with Crippen LogP contribution in [0.3, 0.4) is 0 Å². The molecule has 2 fully saturated rings. The Morgan fingerprint density at radius 1 is 0.750 bits per heavy atom. The topological polar surface area (TPSA) is 85.3 Å². The van der Waals surface area contributed by atoms with Gasteiger partial charge in [0.25, 0.3) is 0 Å². The third-order valence-corrected chi connectivity index (χ3v) is 5.19. The van der Waals surface area contributed by atoms with Crippen molar-refractivity contribution in [3.05, 3.63) is 0 Å². The van der Waals surface area contributed by atoms with E-state index in [9.17, 15) is 24.0 Å². The van der Waals surface area contributed by atoms with E-state index in [0.717, 1.165) is 0 Å². The second-order valence-electron chi connectivity index (χ2n) is 8.99. The van der Waals surface area contributed by atoms with Crippen LogP contribution in [-0.2, 0) is 24.0 Å². The van der Waals surface area contributed by atoms with Gasteiger partial charge in [-0.05, 0) is 17.8 Å². The maximum atomic E-state index is 12.6. The molecular weight excluding hydrogens is 308 g/mol. The summed E-state index contributed by atoms with van der Waals surface area (Å²) in [6.45, 7) is 8.61. The highest BCUT2D eigenvalue weighted by Gasteiger charge is 2.53. The monoisotopic (exact) mass is 334 g/mol. The lowest BCUT2D eigenvalue weighted by atomic mass is 9.60. The van der Waals surface area contributed by atoms with Gasteiger partial charge < -0.3 is 0 Å². The second-order valence-corrected chi connectivity index (χ2v) is 8.99. The zero-order chi connectivity index (χ0) is 18.4. The number of carbonyl (C=O) groups excluding carboxylic acids is 5. The first-order chi connectivity index (χ1) is 10.8. The van der Waals surface area contributed by atoms with Crippen LogP contribution in [0.2, 0.25) is 0 Å². The van der Waals surface area contributed by atoms with Crippen molar-refractivity contribution in [1.82, 2.24) is 0 Å². The zero-order valence-electron chi connectivity index (χ0n) is 15.1. The number of carbonyl (C=O) groups is 5. The molecule has 0 unspecified atom stereocenters. The highest BCUT2D eigenvalue weighted by Crippen LogP contribution is 2.43. The van der Waals surface area contributed by atoms with Gasteiger partial charge in [0.2, 0.25) is 0 Å². The van der Waals surface area contributed by atoms with E-state index in [1.54, 1.807) is 0 Å². The molecule has 5 nitrogen and oxygen atoms in total. The first-order valence-electron chi connectivity index (χ1n) is 8.46. The fraction of sp³-hybridized carbons (Fsp3) is 0.737. The van der Waals surface area contributed by atoms with Crippen molar-refractivity contribution in [2.45, 2.75) is 60.3 Å². The van der Waals surface area contributed by atoms with Gasteiger partial charge in [-0.15, -0.1) is 0 Å². The third kappa shape index (κ3) is 3.55. The molecule has 24 heavy (non-hydrogen) atoms. The van der Waals surface area contributed by atoms with Gasteiger partial charge in [0, 0.05) is 25.7 Å². The molecule has 0 aliphatic heterocycles. The van der Waals surface area contributed by atoms with Crippen LogP contribution in [0.15, 0.2) is 0 Å². The summed E-state index contributed by atoms with van der Waals surface area (Å²) in [5, 5.41) is 0. The predicted molar refractivity (Wildman–Crippen MR) is 87.2 cm³/mol. The van der Waals surface area contributed by atoms with E-state index < -0.39 is 34.4 Å². The molecule has 0 aromatic heterocycles. The Kier molecular flexibility index (Phi) is 4.68. The minimum atomic E-state index is -1.14. The van der Waals surface area contributed by atoms with Gasteiger partial charge in [0.15, 0.2) is 0 Å². The van der Waals surface area contributed by atoms with Crippen molar-refractivity contribution in [3.8, 4) is 0 Å². The van der Waals surface area contributed by atoms with Crippen LogP contribution in [0.25, 0.3) is 0 Å². The van der Waals surface area contributed by atoms with Gasteiger partial charge in [-0.25, -0.2) is 0 Å². The fourth-order valence-corrected chi connectivity index (χ4v) is 4.27. The molecule has 2 aliphatic carbocycles. The summed E-state index contributed by atoms with van der Waals surface area (Å²) >= 11 is 0. The summed E-state index contributed by atoms with van der Waals surface area (Å²) in [5.74, 6) is -5.11. The van der Waals surface area contributed by atoms with E-state index in [1.165, 1.54) is 6.92 Å². The molecule has 5 heteroatoms. The Morgan fingerprint density at radius 2 is 1.00 bits per heavy atom. The third-order valence-electron chi connectivity index (χ3n) is 5.19. The minimum Gasteiger partial charge on any atom is -0.300 e. The van der Waals surface area contributed by atoms with Crippen LogP contribution in [0.5, 0.6) is 0 Å². The number of hydrogen-bond donors (Lipinski definition) is 0. The van der Waals surface area contributed by atoms with Gasteiger partial charge in [-0.2, -0.15) is 0 Å². The van der Waals surface area contributed by atoms with E-state index in [-0.39, 0.29) is 48.8 Å². The van der Waals surface area contributed by atoms with Crippen LogP contribution in [0, 0.1) is 28.6 Å². The van der Waals surface area contributed by atoms with E-state index in [1.807, 2.05) is 27.7 Å². The van der Waals surface area contributed by atoms with E-state index in [0.29, 0.717) is 0 Å². The lowest BCUT2D eigenvalue weighted by Crippen LogP contribution is -2.51. The van der Waals surface area contributed by atoms with Crippen LogP contribution >= 0.6 is 0 Å². The van der Waals surface area contributed by atoms with Crippen molar-refractivity contribution >= 4 is 28.9 Å². The van der Waals surface area contributed by atoms with Crippen molar-refractivity contribution in [2.75, 3.05) is 0 Å². The summed E-state index contributed by atoms with van der Waals surface area (Å²) < 4.78 is 0. The number of Topliss-reactive ketones (excluding diaryl/α,β-unsaturated/α-hetero) is 5. The van der Waals surface area contributed by atoms with Crippen LogP contribution in [0.4, 0.5) is 0 Å². The smallest absolute Gasteiger partial charge is 0.144 e. The van der Waals surface area contributed by atoms with Crippen molar-refractivity contribution in [2.24, 2.45) is 28.6 Å². The first kappa shape index (κ1) is 18.7. The molecule has 0 N–H and O–H groups in total. The van der Waals surface area contributed by atoms with Crippen LogP contribution in [-0.4, -0.2) is 28.9 Å². The molecular formula is C19H26O5. The Morgan fingerprint density at radius 3 is 1.21 bits per heavy atom. The standard InChI is InChI=1S/C19H26O5/c1-10(20)15(16-11(21)6-18(2,3)7-12(16)22)17-13(23)8-19(4,5)9-14(17)24/h15-17H,6-9H2,1-5H3. The highest BCUT2D eigenvalue weighted by atomic mass is 16.2. The van der Waals surface area contributed by atoms with Gasteiger partial charge in [0.05, 0.1) is 17.8 Å². The van der Waals surface area contributed by atoms with Gasteiger partial charge in [0.1, 0.15) is 28.9 Å². The van der Waals surface area contributed by atoms with E-state index >= 15 is 0 Å². The molecule has 2 rings (SSSR count). The molecule has 2 saturated carbocycles. The molecule has 2 aliphatic rings. The summed E-state index contributed by atoms with van der Waals surface area (Å²) in [7, 11) is 0. The SMILES string of the molecule is CC(=O)C(C1C(=O)CC(C)(C)CC1=O)C1C(=O)CC(C)(C)CC1=O. The number of hydrogen-bond acceptors (Lipinski definition) is 5. The quantitative estimate of drug-likeness (QED) is 0.740. The average Bonchev–Trinajstić information content (AvgIpc) is 2.31. The normalized spacial score (nSPS) is 25.4. The summed E-state index contributed by atoms with van der Waals surface area (Å²) in [6.07, 6.45) is 0.753. The summed E-state index contributed by atoms with van der Waals surface area (Å²) in [6, 6.07) is 0. The molecule has 0 spiro atoms. The maximum Gasteiger partial charge on any atom is 0.144 e. The number of rotatable bonds is 3. The number of ketones is 5. The second kappa shape index (κ2) is 6.01. The van der Waals surface area contributed by atoms with Crippen LogP contribution < -0.4 is 0 Å². The van der Waals surface area contributed by atoms with Crippen molar-refractivity contribution in [3.63, 3.8) is 0 Å². The van der Waals surface area contributed by atoms with Gasteiger partial charge in [-0.3, -0.25) is 24.0 Å². The molecule has 0 saturated heterocycles. The summed E-state index contributed by atoms with van der Waals surface area (Å²) in [5.41, 5.74) is -0.872. The summed E-state index contributed by atoms with van der Waals surface area (Å²) in [4.78, 5) is 62.5. The fourth-order valence-electron chi connectivity index (χ4n) is 4.27. The molecule has 0 amide bonds. The minimum absolute atomic E-state index is 0.188. The Labute approximate surface area is 142 Å². The van der Waals surface area contributed by atoms with Gasteiger partial charge >= 0.3 is 0 Å². The van der Waals surface area contributed by atoms with Crippen molar-refractivity contribution in [1.29, 1.82) is 0 Å².